The smallest absolute Gasteiger partial charge is 0.239 e. The first-order valence-electron chi connectivity index (χ1n) is 4.99. The van der Waals surface area contributed by atoms with Gasteiger partial charge in [-0.25, -0.2) is 4.39 Å². The summed E-state index contributed by atoms with van der Waals surface area (Å²) in [4.78, 5) is 12.8. The SMILES string of the molecule is CNC(=O)CN(C)c1c(F)cccc1CN. The normalized spacial score (nSPS) is 10.0. The summed E-state index contributed by atoms with van der Waals surface area (Å²) in [6.07, 6.45) is 0. The Hall–Kier alpha value is -1.62. The first-order valence-corrected chi connectivity index (χ1v) is 4.99. The summed E-state index contributed by atoms with van der Waals surface area (Å²) in [5.41, 5.74) is 6.60. The predicted octanol–water partition coefficient (Wildman–Crippen LogP) is 0.467. The van der Waals surface area contributed by atoms with Gasteiger partial charge in [-0.2, -0.15) is 0 Å². The van der Waals surface area contributed by atoms with Crippen LogP contribution in [0.1, 0.15) is 5.56 Å². The van der Waals surface area contributed by atoms with Crippen LogP contribution in [-0.4, -0.2) is 26.5 Å². The molecule has 0 fully saturated rings. The number of rotatable bonds is 4. The lowest BCUT2D eigenvalue weighted by Crippen LogP contribution is -2.34. The van der Waals surface area contributed by atoms with Crippen molar-refractivity contribution in [1.29, 1.82) is 0 Å². The van der Waals surface area contributed by atoms with Crippen molar-refractivity contribution >= 4 is 11.6 Å². The summed E-state index contributed by atoms with van der Waals surface area (Å²) in [5, 5.41) is 2.49. The Morgan fingerprint density at radius 1 is 1.56 bits per heavy atom. The van der Waals surface area contributed by atoms with E-state index in [2.05, 4.69) is 5.32 Å². The van der Waals surface area contributed by atoms with Crippen LogP contribution in [0.3, 0.4) is 0 Å². The van der Waals surface area contributed by atoms with E-state index in [-0.39, 0.29) is 24.8 Å². The third kappa shape index (κ3) is 2.70. The van der Waals surface area contributed by atoms with E-state index in [9.17, 15) is 9.18 Å². The number of benzene rings is 1. The minimum atomic E-state index is -0.366. The summed E-state index contributed by atoms with van der Waals surface area (Å²) < 4.78 is 13.6. The lowest BCUT2D eigenvalue weighted by atomic mass is 10.1. The molecule has 0 heterocycles. The van der Waals surface area contributed by atoms with E-state index in [1.165, 1.54) is 6.07 Å². The first kappa shape index (κ1) is 12.4. The molecule has 88 valence electrons. The van der Waals surface area contributed by atoms with Crippen molar-refractivity contribution in [3.63, 3.8) is 0 Å². The highest BCUT2D eigenvalue weighted by atomic mass is 19.1. The largest absolute Gasteiger partial charge is 0.363 e. The lowest BCUT2D eigenvalue weighted by Gasteiger charge is -2.21. The maximum absolute atomic E-state index is 13.6. The molecule has 0 atom stereocenters. The molecule has 0 unspecified atom stereocenters. The van der Waals surface area contributed by atoms with Gasteiger partial charge in [-0.3, -0.25) is 4.79 Å². The lowest BCUT2D eigenvalue weighted by molar-refractivity contribution is -0.119. The third-order valence-electron chi connectivity index (χ3n) is 2.33. The summed E-state index contributed by atoms with van der Waals surface area (Å²) in [6, 6.07) is 4.71. The van der Waals surface area contributed by atoms with Crippen LogP contribution in [-0.2, 0) is 11.3 Å². The Balaban J connectivity index is 2.97. The molecule has 0 saturated heterocycles. The molecule has 0 radical (unpaired) electrons. The predicted molar refractivity (Wildman–Crippen MR) is 61.6 cm³/mol. The van der Waals surface area contributed by atoms with Crippen LogP contribution >= 0.6 is 0 Å². The van der Waals surface area contributed by atoms with E-state index in [1.807, 2.05) is 0 Å². The molecule has 1 aromatic carbocycles. The molecule has 1 rings (SSSR count). The zero-order valence-electron chi connectivity index (χ0n) is 9.46. The molecular formula is C11H16FN3O. The number of nitrogens with one attached hydrogen (secondary N) is 1. The number of nitrogens with zero attached hydrogens (tertiary/aromatic N) is 1. The molecule has 3 N–H and O–H groups in total. The van der Waals surface area contributed by atoms with Gasteiger partial charge in [-0.05, 0) is 11.6 Å². The van der Waals surface area contributed by atoms with Gasteiger partial charge in [0.05, 0.1) is 12.2 Å². The van der Waals surface area contributed by atoms with Crippen LogP contribution in [0.25, 0.3) is 0 Å². The molecule has 0 saturated carbocycles. The van der Waals surface area contributed by atoms with Crippen molar-refractivity contribution in [2.75, 3.05) is 25.5 Å². The number of hydrogen-bond acceptors (Lipinski definition) is 3. The van der Waals surface area contributed by atoms with Crippen LogP contribution in [0.4, 0.5) is 10.1 Å². The molecule has 0 aromatic heterocycles. The number of halogens is 1. The summed E-state index contributed by atoms with van der Waals surface area (Å²) in [6.45, 7) is 0.343. The Kier molecular flexibility index (Phi) is 4.25. The Bertz CT molecular complexity index is 381. The van der Waals surface area contributed by atoms with E-state index in [4.69, 9.17) is 5.73 Å². The van der Waals surface area contributed by atoms with Gasteiger partial charge in [-0.1, -0.05) is 12.1 Å². The highest BCUT2D eigenvalue weighted by Crippen LogP contribution is 2.22. The van der Waals surface area contributed by atoms with E-state index in [1.54, 1.807) is 31.1 Å². The van der Waals surface area contributed by atoms with Crippen LogP contribution in [0.5, 0.6) is 0 Å². The number of para-hydroxylation sites is 1. The molecule has 1 amide bonds. The quantitative estimate of drug-likeness (QED) is 0.783. The van der Waals surface area contributed by atoms with E-state index < -0.39 is 0 Å². The van der Waals surface area contributed by atoms with Crippen molar-refractivity contribution in [3.05, 3.63) is 29.6 Å². The summed E-state index contributed by atoms with van der Waals surface area (Å²) >= 11 is 0. The molecule has 0 spiro atoms. The van der Waals surface area contributed by atoms with E-state index in [0.717, 1.165) is 0 Å². The van der Waals surface area contributed by atoms with Crippen LogP contribution in [0.15, 0.2) is 18.2 Å². The zero-order chi connectivity index (χ0) is 12.1. The molecular weight excluding hydrogens is 209 g/mol. The second-order valence-corrected chi connectivity index (χ2v) is 3.48. The average Bonchev–Trinajstić information content (AvgIpc) is 2.28. The monoisotopic (exact) mass is 225 g/mol. The van der Waals surface area contributed by atoms with Gasteiger partial charge >= 0.3 is 0 Å². The van der Waals surface area contributed by atoms with E-state index in [0.29, 0.717) is 11.3 Å². The number of anilines is 1. The molecule has 5 heteroatoms. The molecule has 16 heavy (non-hydrogen) atoms. The Morgan fingerprint density at radius 2 is 2.25 bits per heavy atom. The van der Waals surface area contributed by atoms with Crippen molar-refractivity contribution < 1.29 is 9.18 Å². The topological polar surface area (TPSA) is 58.4 Å². The number of likely N-dealkylation sites (N-methyl/N-ethyl adjacent to an activating group) is 2. The molecule has 0 aliphatic rings. The fourth-order valence-corrected chi connectivity index (χ4v) is 1.53. The van der Waals surface area contributed by atoms with Gasteiger partial charge in [-0.15, -0.1) is 0 Å². The molecule has 0 bridgehead atoms. The number of nitrogens with two attached hydrogens (primary N) is 1. The number of carbonyl (C=O) groups excluding carboxylic acids is 1. The van der Waals surface area contributed by atoms with Crippen molar-refractivity contribution in [2.45, 2.75) is 6.54 Å². The number of carbonyl (C=O) groups is 1. The standard InChI is InChI=1S/C11H16FN3O/c1-14-10(16)7-15(2)11-8(6-13)4-3-5-9(11)12/h3-5H,6-7,13H2,1-2H3,(H,14,16). The van der Waals surface area contributed by atoms with Gasteiger partial charge in [0.25, 0.3) is 0 Å². The van der Waals surface area contributed by atoms with Gasteiger partial charge in [0, 0.05) is 20.6 Å². The third-order valence-corrected chi connectivity index (χ3v) is 2.33. The van der Waals surface area contributed by atoms with Crippen molar-refractivity contribution in [3.8, 4) is 0 Å². The van der Waals surface area contributed by atoms with Crippen LogP contribution < -0.4 is 16.0 Å². The van der Waals surface area contributed by atoms with Crippen molar-refractivity contribution in [1.82, 2.24) is 5.32 Å². The van der Waals surface area contributed by atoms with Gasteiger partial charge < -0.3 is 16.0 Å². The molecule has 1 aromatic rings. The number of amides is 1. The second kappa shape index (κ2) is 5.46. The highest BCUT2D eigenvalue weighted by molar-refractivity contribution is 5.81. The summed E-state index contributed by atoms with van der Waals surface area (Å²) in [5.74, 6) is -0.539. The average molecular weight is 225 g/mol. The Labute approximate surface area is 94.2 Å². The maximum Gasteiger partial charge on any atom is 0.239 e. The number of hydrogen-bond donors (Lipinski definition) is 2. The molecule has 0 aliphatic heterocycles. The minimum absolute atomic E-state index is 0.102. The minimum Gasteiger partial charge on any atom is -0.363 e. The van der Waals surface area contributed by atoms with Crippen molar-refractivity contribution in [2.24, 2.45) is 5.73 Å². The fourth-order valence-electron chi connectivity index (χ4n) is 1.53. The molecule has 0 aliphatic carbocycles. The van der Waals surface area contributed by atoms with E-state index >= 15 is 0 Å². The first-order chi connectivity index (χ1) is 7.60. The van der Waals surface area contributed by atoms with Crippen LogP contribution in [0, 0.1) is 5.82 Å². The van der Waals surface area contributed by atoms with Crippen LogP contribution in [0.2, 0.25) is 0 Å². The van der Waals surface area contributed by atoms with Gasteiger partial charge in [0.2, 0.25) is 5.91 Å². The molecule has 4 nitrogen and oxygen atoms in total. The fraction of sp³-hybridized carbons (Fsp3) is 0.364. The van der Waals surface area contributed by atoms with Gasteiger partial charge in [0.15, 0.2) is 0 Å². The summed E-state index contributed by atoms with van der Waals surface area (Å²) in [7, 11) is 3.20. The second-order valence-electron chi connectivity index (χ2n) is 3.48. The Morgan fingerprint density at radius 3 is 2.81 bits per heavy atom. The maximum atomic E-state index is 13.6. The highest BCUT2D eigenvalue weighted by Gasteiger charge is 2.13. The zero-order valence-corrected chi connectivity index (χ0v) is 9.46. The van der Waals surface area contributed by atoms with Gasteiger partial charge in [0.1, 0.15) is 5.82 Å².